The summed E-state index contributed by atoms with van der Waals surface area (Å²) in [5, 5.41) is 3.93. The average molecular weight is 532 g/mol. The Morgan fingerprint density at radius 3 is 2.39 bits per heavy atom. The van der Waals surface area contributed by atoms with Gasteiger partial charge >= 0.3 is 0 Å². The zero-order valence-electron chi connectivity index (χ0n) is 17.9. The number of hydrogen-bond donors (Lipinski definition) is 1. The summed E-state index contributed by atoms with van der Waals surface area (Å²) in [5.74, 6) is 0.0474. The zero-order valence-corrected chi connectivity index (χ0v) is 20.3. The summed E-state index contributed by atoms with van der Waals surface area (Å²) in [6, 6.07) is 19.9. The number of nitrogens with one attached hydrogen (secondary N) is 1. The first-order valence-electron chi connectivity index (χ1n) is 9.72. The molecule has 0 bridgehead atoms. The highest BCUT2D eigenvalue weighted by Gasteiger charge is 2.28. The first-order valence-corrected chi connectivity index (χ1v) is 12.0. The summed E-state index contributed by atoms with van der Waals surface area (Å²) in [4.78, 5) is 12.6. The molecule has 3 aromatic carbocycles. The van der Waals surface area contributed by atoms with Crippen LogP contribution in [0.2, 0.25) is 0 Å². The van der Waals surface area contributed by atoms with Crippen molar-refractivity contribution in [2.24, 2.45) is 5.10 Å². The zero-order chi connectivity index (χ0) is 23.8. The second-order valence-corrected chi connectivity index (χ2v) is 9.49. The lowest BCUT2D eigenvalue weighted by Gasteiger charge is -2.24. The highest BCUT2D eigenvalue weighted by atomic mass is 79.9. The number of anilines is 1. The van der Waals surface area contributed by atoms with E-state index in [0.29, 0.717) is 11.4 Å². The summed E-state index contributed by atoms with van der Waals surface area (Å²) < 4.78 is 39.2. The molecule has 0 saturated heterocycles. The van der Waals surface area contributed by atoms with Gasteiger partial charge in [0.05, 0.1) is 31.0 Å². The normalized spacial score (nSPS) is 11.2. The van der Waals surface area contributed by atoms with Gasteiger partial charge in [-0.2, -0.15) is 5.10 Å². The van der Waals surface area contributed by atoms with E-state index in [1.54, 1.807) is 30.3 Å². The number of para-hydroxylation sites is 1. The van der Waals surface area contributed by atoms with Crippen molar-refractivity contribution in [3.05, 3.63) is 82.8 Å². The second kappa shape index (κ2) is 11.0. The van der Waals surface area contributed by atoms with E-state index >= 15 is 0 Å². The van der Waals surface area contributed by atoms with Crippen LogP contribution in [0.25, 0.3) is 0 Å². The van der Waals surface area contributed by atoms with Crippen LogP contribution in [0, 0.1) is 0 Å². The number of benzene rings is 3. The molecule has 10 heteroatoms. The van der Waals surface area contributed by atoms with Crippen LogP contribution in [0.5, 0.6) is 11.5 Å². The van der Waals surface area contributed by atoms with Crippen LogP contribution < -0.4 is 19.2 Å². The Balaban J connectivity index is 1.87. The number of ether oxygens (including phenoxy) is 2. The molecule has 0 aliphatic rings. The fourth-order valence-electron chi connectivity index (χ4n) is 2.95. The molecule has 0 aliphatic carbocycles. The molecular formula is C23H22BrN3O5S. The number of hydrogen-bond acceptors (Lipinski definition) is 6. The van der Waals surface area contributed by atoms with Crippen molar-refractivity contribution in [3.8, 4) is 11.5 Å². The van der Waals surface area contributed by atoms with Crippen molar-refractivity contribution in [3.63, 3.8) is 0 Å². The van der Waals surface area contributed by atoms with E-state index in [9.17, 15) is 13.2 Å². The number of carbonyl (C=O) groups excluding carboxylic acids is 1. The first kappa shape index (κ1) is 24.3. The van der Waals surface area contributed by atoms with Crippen molar-refractivity contribution >= 4 is 43.8 Å². The minimum absolute atomic E-state index is 0.0468. The first-order chi connectivity index (χ1) is 15.8. The van der Waals surface area contributed by atoms with Crippen molar-refractivity contribution in [1.82, 2.24) is 5.43 Å². The lowest BCUT2D eigenvalue weighted by molar-refractivity contribution is -0.119. The molecule has 0 fully saturated rings. The lowest BCUT2D eigenvalue weighted by Crippen LogP contribution is -2.39. The van der Waals surface area contributed by atoms with E-state index in [-0.39, 0.29) is 10.6 Å². The number of nitrogens with zero attached hydrogens (tertiary/aromatic N) is 2. The average Bonchev–Trinajstić information content (AvgIpc) is 2.82. The van der Waals surface area contributed by atoms with Crippen LogP contribution in [-0.4, -0.2) is 41.3 Å². The lowest BCUT2D eigenvalue weighted by atomic mass is 10.2. The minimum atomic E-state index is -4.11. The maximum Gasteiger partial charge on any atom is 0.264 e. The van der Waals surface area contributed by atoms with Crippen molar-refractivity contribution in [1.29, 1.82) is 0 Å². The van der Waals surface area contributed by atoms with Gasteiger partial charge in [-0.1, -0.05) is 46.3 Å². The monoisotopic (exact) mass is 531 g/mol. The topological polar surface area (TPSA) is 97.3 Å². The Bertz CT molecular complexity index is 1250. The van der Waals surface area contributed by atoms with Crippen LogP contribution in [0.3, 0.4) is 0 Å². The van der Waals surface area contributed by atoms with Gasteiger partial charge in [0.15, 0.2) is 11.5 Å². The molecule has 0 spiro atoms. The molecule has 0 radical (unpaired) electrons. The molecule has 0 aromatic heterocycles. The van der Waals surface area contributed by atoms with Crippen molar-refractivity contribution < 1.29 is 22.7 Å². The van der Waals surface area contributed by atoms with E-state index < -0.39 is 22.5 Å². The molecule has 8 nitrogen and oxygen atoms in total. The smallest absolute Gasteiger partial charge is 0.264 e. The summed E-state index contributed by atoms with van der Waals surface area (Å²) in [7, 11) is -1.23. The Morgan fingerprint density at radius 1 is 1.00 bits per heavy atom. The number of halogens is 1. The maximum atomic E-state index is 13.5. The third-order valence-corrected chi connectivity index (χ3v) is 6.79. The van der Waals surface area contributed by atoms with E-state index in [0.717, 1.165) is 14.3 Å². The molecule has 3 aromatic rings. The third kappa shape index (κ3) is 6.11. The predicted octanol–water partition coefficient (Wildman–Crippen LogP) is 3.81. The fraction of sp³-hybridized carbons (Fsp3) is 0.130. The number of rotatable bonds is 9. The van der Waals surface area contributed by atoms with E-state index in [2.05, 4.69) is 26.5 Å². The molecule has 0 atom stereocenters. The van der Waals surface area contributed by atoms with Gasteiger partial charge in [0.25, 0.3) is 15.9 Å². The number of methoxy groups -OCH3 is 2. The molecular weight excluding hydrogens is 510 g/mol. The van der Waals surface area contributed by atoms with Crippen LogP contribution >= 0.6 is 15.9 Å². The molecule has 0 unspecified atom stereocenters. The third-order valence-electron chi connectivity index (χ3n) is 4.53. The van der Waals surface area contributed by atoms with E-state index in [4.69, 9.17) is 9.47 Å². The highest BCUT2D eigenvalue weighted by molar-refractivity contribution is 9.10. The van der Waals surface area contributed by atoms with Gasteiger partial charge in [0, 0.05) is 10.5 Å². The van der Waals surface area contributed by atoms with E-state index in [1.807, 2.05) is 24.3 Å². The van der Waals surface area contributed by atoms with Gasteiger partial charge in [-0.05, 0) is 42.0 Å². The fourth-order valence-corrected chi connectivity index (χ4v) is 4.80. The van der Waals surface area contributed by atoms with Gasteiger partial charge < -0.3 is 9.47 Å². The quantitative estimate of drug-likeness (QED) is 0.334. The van der Waals surface area contributed by atoms with E-state index in [1.165, 1.54) is 38.6 Å². The van der Waals surface area contributed by atoms with Crippen LogP contribution in [0.15, 0.2) is 87.3 Å². The Hall–Kier alpha value is -3.37. The predicted molar refractivity (Wildman–Crippen MR) is 130 cm³/mol. The largest absolute Gasteiger partial charge is 0.493 e. The van der Waals surface area contributed by atoms with Gasteiger partial charge in [-0.15, -0.1) is 0 Å². The molecule has 1 N–H and O–H groups in total. The highest BCUT2D eigenvalue weighted by Crippen LogP contribution is 2.32. The Labute approximate surface area is 201 Å². The van der Waals surface area contributed by atoms with Crippen LogP contribution in [0.1, 0.15) is 5.56 Å². The van der Waals surface area contributed by atoms with Crippen LogP contribution in [0.4, 0.5) is 5.69 Å². The summed E-state index contributed by atoms with van der Waals surface area (Å²) in [6.45, 7) is -0.476. The molecule has 172 valence electrons. The van der Waals surface area contributed by atoms with Crippen molar-refractivity contribution in [2.45, 2.75) is 4.90 Å². The standard InChI is InChI=1S/C23H22BrN3O5S/c1-31-21-12-11-20(14-22(21)32-2)33(29,30)27(19-9-4-3-5-10-19)16-23(28)26-25-15-17-7-6-8-18(24)13-17/h3-15H,16H2,1-2H3,(H,26,28)/b25-15-. The maximum absolute atomic E-state index is 13.5. The van der Waals surface area contributed by atoms with Gasteiger partial charge in [0.2, 0.25) is 0 Å². The number of sulfonamides is 1. The molecule has 33 heavy (non-hydrogen) atoms. The minimum Gasteiger partial charge on any atom is -0.493 e. The molecule has 0 heterocycles. The van der Waals surface area contributed by atoms with Gasteiger partial charge in [-0.25, -0.2) is 13.8 Å². The van der Waals surface area contributed by atoms with Crippen LogP contribution in [-0.2, 0) is 14.8 Å². The summed E-state index contributed by atoms with van der Waals surface area (Å²) in [5.41, 5.74) is 3.48. The molecule has 1 amide bonds. The second-order valence-electron chi connectivity index (χ2n) is 6.71. The molecule has 0 saturated carbocycles. The number of amides is 1. The van der Waals surface area contributed by atoms with Gasteiger partial charge in [-0.3, -0.25) is 9.10 Å². The molecule has 0 aliphatic heterocycles. The SMILES string of the molecule is COc1ccc(S(=O)(=O)N(CC(=O)N/N=C\c2cccc(Br)c2)c2ccccc2)cc1OC. The summed E-state index contributed by atoms with van der Waals surface area (Å²) >= 11 is 3.37. The number of carbonyl (C=O) groups is 1. The van der Waals surface area contributed by atoms with Gasteiger partial charge in [0.1, 0.15) is 6.54 Å². The Kier molecular flexibility index (Phi) is 8.07. The van der Waals surface area contributed by atoms with Crippen molar-refractivity contribution in [2.75, 3.05) is 25.1 Å². The number of hydrazone groups is 1. The summed E-state index contributed by atoms with van der Waals surface area (Å²) in [6.07, 6.45) is 1.47. The molecule has 3 rings (SSSR count). The Morgan fingerprint density at radius 2 is 1.73 bits per heavy atom.